The maximum Gasteiger partial charge on any atom is 0.248 e. The normalized spacial score (nSPS) is 15.7. The van der Waals surface area contributed by atoms with Crippen LogP contribution in [0.2, 0.25) is 0 Å². The first kappa shape index (κ1) is 22.6. The molecule has 4 rings (SSSR count). The summed E-state index contributed by atoms with van der Waals surface area (Å²) in [6.45, 7) is 1.78. The second-order valence-corrected chi connectivity index (χ2v) is 9.43. The molecule has 1 aliphatic carbocycles. The number of primary amides is 1. The minimum absolute atomic E-state index is 0.209. The summed E-state index contributed by atoms with van der Waals surface area (Å²) in [5.74, 6) is -0.301. The molecular formula is C26H24N4O2S. The number of amides is 2. The number of aryl methyl sites for hydroxylation is 1. The molecule has 3 aromatic rings. The van der Waals surface area contributed by atoms with Crippen LogP contribution in [0.25, 0.3) is 0 Å². The molecule has 2 atom stereocenters. The molecule has 0 aliphatic heterocycles. The van der Waals surface area contributed by atoms with Crippen molar-refractivity contribution in [1.82, 2.24) is 4.98 Å². The number of pyridine rings is 1. The Hall–Kier alpha value is -3.63. The first-order valence-electron chi connectivity index (χ1n) is 10.8. The number of fused-ring (bicyclic) bond motifs is 1. The lowest BCUT2D eigenvalue weighted by Gasteiger charge is -2.25. The zero-order valence-corrected chi connectivity index (χ0v) is 19.1. The maximum absolute atomic E-state index is 12.7. The van der Waals surface area contributed by atoms with E-state index in [1.165, 1.54) is 17.3 Å². The van der Waals surface area contributed by atoms with Gasteiger partial charge in [0.1, 0.15) is 11.1 Å². The van der Waals surface area contributed by atoms with Crippen LogP contribution in [-0.2, 0) is 17.6 Å². The van der Waals surface area contributed by atoms with Crippen molar-refractivity contribution < 1.29 is 9.59 Å². The highest BCUT2D eigenvalue weighted by Crippen LogP contribution is 2.35. The van der Waals surface area contributed by atoms with Crippen LogP contribution >= 0.6 is 11.8 Å². The number of aromatic nitrogens is 1. The topological polar surface area (TPSA) is 109 Å². The van der Waals surface area contributed by atoms with Crippen LogP contribution in [0.1, 0.15) is 52.0 Å². The molecule has 0 saturated heterocycles. The average molecular weight is 457 g/mol. The zero-order valence-electron chi connectivity index (χ0n) is 18.2. The van der Waals surface area contributed by atoms with Gasteiger partial charge in [0.25, 0.3) is 0 Å². The van der Waals surface area contributed by atoms with Crippen LogP contribution < -0.4 is 11.1 Å². The summed E-state index contributed by atoms with van der Waals surface area (Å²) >= 11 is 1.28. The van der Waals surface area contributed by atoms with Gasteiger partial charge in [-0.15, -0.1) is 0 Å². The summed E-state index contributed by atoms with van der Waals surface area (Å²) < 4.78 is 0. The van der Waals surface area contributed by atoms with Gasteiger partial charge in [0.15, 0.2) is 0 Å². The molecular weight excluding hydrogens is 432 g/mol. The predicted molar refractivity (Wildman–Crippen MR) is 129 cm³/mol. The molecule has 0 radical (unpaired) electrons. The molecule has 0 saturated carbocycles. The highest BCUT2D eigenvalue weighted by atomic mass is 32.2. The van der Waals surface area contributed by atoms with Gasteiger partial charge in [-0.3, -0.25) is 9.59 Å². The molecule has 3 N–H and O–H groups in total. The minimum Gasteiger partial charge on any atom is -0.366 e. The van der Waals surface area contributed by atoms with E-state index in [-0.39, 0.29) is 5.91 Å². The van der Waals surface area contributed by atoms with Crippen LogP contribution in [0.15, 0.2) is 65.7 Å². The minimum atomic E-state index is -0.519. The number of hydrogen-bond donors (Lipinski definition) is 2. The van der Waals surface area contributed by atoms with Gasteiger partial charge in [0.2, 0.25) is 11.8 Å². The Morgan fingerprint density at radius 3 is 2.58 bits per heavy atom. The van der Waals surface area contributed by atoms with Gasteiger partial charge in [-0.05, 0) is 73.6 Å². The van der Waals surface area contributed by atoms with Crippen molar-refractivity contribution in [3.05, 3.63) is 88.6 Å². The lowest BCUT2D eigenvalue weighted by atomic mass is 9.82. The fraction of sp³-hybridized carbons (Fsp3) is 0.231. The van der Waals surface area contributed by atoms with E-state index in [9.17, 15) is 14.9 Å². The fourth-order valence-electron chi connectivity index (χ4n) is 4.01. The van der Waals surface area contributed by atoms with E-state index < -0.39 is 11.2 Å². The molecule has 0 fully saturated rings. The second-order valence-electron chi connectivity index (χ2n) is 8.10. The van der Waals surface area contributed by atoms with E-state index >= 15 is 0 Å². The molecule has 6 nitrogen and oxygen atoms in total. The molecule has 1 aliphatic rings. The van der Waals surface area contributed by atoms with Gasteiger partial charge in [-0.1, -0.05) is 42.1 Å². The first-order chi connectivity index (χ1) is 15.9. The number of nitrogens with zero attached hydrogens (tertiary/aromatic N) is 2. The van der Waals surface area contributed by atoms with Crippen molar-refractivity contribution in [1.29, 1.82) is 5.26 Å². The number of hydrogen-bond acceptors (Lipinski definition) is 5. The van der Waals surface area contributed by atoms with E-state index in [1.807, 2.05) is 12.1 Å². The summed E-state index contributed by atoms with van der Waals surface area (Å²) in [7, 11) is 0. The lowest BCUT2D eigenvalue weighted by molar-refractivity contribution is -0.115. The Kier molecular flexibility index (Phi) is 6.76. The molecule has 1 heterocycles. The van der Waals surface area contributed by atoms with Crippen molar-refractivity contribution in [2.24, 2.45) is 5.73 Å². The molecule has 7 heteroatoms. The first-order valence-corrected chi connectivity index (χ1v) is 11.7. The van der Waals surface area contributed by atoms with Crippen molar-refractivity contribution in [2.45, 2.75) is 42.4 Å². The molecule has 1 aromatic heterocycles. The Morgan fingerprint density at radius 1 is 1.18 bits per heavy atom. The fourth-order valence-corrected chi connectivity index (χ4v) is 4.90. The molecule has 0 bridgehead atoms. The van der Waals surface area contributed by atoms with Gasteiger partial charge in [0.05, 0.1) is 10.8 Å². The Balaban J connectivity index is 1.46. The summed E-state index contributed by atoms with van der Waals surface area (Å²) in [6, 6.07) is 21.0. The number of nitriles is 1. The van der Waals surface area contributed by atoms with Gasteiger partial charge in [-0.2, -0.15) is 5.26 Å². The lowest BCUT2D eigenvalue weighted by Crippen LogP contribution is -2.23. The van der Waals surface area contributed by atoms with Gasteiger partial charge in [-0.25, -0.2) is 4.98 Å². The summed E-state index contributed by atoms with van der Waals surface area (Å²) in [6.07, 6.45) is 2.72. The van der Waals surface area contributed by atoms with Crippen LogP contribution in [0.5, 0.6) is 0 Å². The van der Waals surface area contributed by atoms with Crippen LogP contribution in [0.4, 0.5) is 5.69 Å². The van der Waals surface area contributed by atoms with Crippen molar-refractivity contribution in [3.8, 4) is 6.07 Å². The van der Waals surface area contributed by atoms with E-state index in [0.29, 0.717) is 27.8 Å². The number of nitrogens with two attached hydrogens (primary N) is 1. The van der Waals surface area contributed by atoms with Crippen LogP contribution in [0, 0.1) is 11.3 Å². The highest BCUT2D eigenvalue weighted by Gasteiger charge is 2.25. The molecule has 2 aromatic carbocycles. The van der Waals surface area contributed by atoms with E-state index in [1.54, 1.807) is 31.2 Å². The summed E-state index contributed by atoms with van der Waals surface area (Å²) in [5, 5.41) is 12.7. The third kappa shape index (κ3) is 5.24. The number of carbonyl (C=O) groups is 2. The third-order valence-electron chi connectivity index (χ3n) is 5.84. The second kappa shape index (κ2) is 9.88. The van der Waals surface area contributed by atoms with Crippen molar-refractivity contribution >= 4 is 29.3 Å². The summed E-state index contributed by atoms with van der Waals surface area (Å²) in [4.78, 5) is 28.7. The van der Waals surface area contributed by atoms with Crippen molar-refractivity contribution in [3.63, 3.8) is 0 Å². The number of benzene rings is 2. The van der Waals surface area contributed by atoms with Gasteiger partial charge >= 0.3 is 0 Å². The highest BCUT2D eigenvalue weighted by molar-refractivity contribution is 8.00. The smallest absolute Gasteiger partial charge is 0.248 e. The number of rotatable bonds is 6. The average Bonchev–Trinajstić information content (AvgIpc) is 2.84. The van der Waals surface area contributed by atoms with Crippen LogP contribution in [-0.4, -0.2) is 22.0 Å². The van der Waals surface area contributed by atoms with E-state index in [0.717, 1.165) is 30.5 Å². The van der Waals surface area contributed by atoms with Gasteiger partial charge in [0, 0.05) is 16.9 Å². The monoisotopic (exact) mass is 456 g/mol. The SMILES string of the molecule is CC(Sc1nc2c(cc1C#N)CC(c1ccccc1)CC2)C(=O)Nc1ccc(C(N)=O)cc1. The summed E-state index contributed by atoms with van der Waals surface area (Å²) in [5.41, 5.74) is 10.1. The number of thioether (sulfide) groups is 1. The Morgan fingerprint density at radius 2 is 1.91 bits per heavy atom. The standard InChI is InChI=1S/C26H24N4O2S/c1-16(25(32)29-22-10-7-18(8-11-22)24(28)31)33-26-21(15-27)14-20-13-19(9-12-23(20)30-26)17-5-3-2-4-6-17/h2-8,10-11,14,16,19H,9,12-13H2,1H3,(H2,28,31)(H,29,32). The Bertz CT molecular complexity index is 1220. The number of anilines is 1. The largest absolute Gasteiger partial charge is 0.366 e. The molecule has 0 spiro atoms. The molecule has 2 amide bonds. The van der Waals surface area contributed by atoms with Crippen molar-refractivity contribution in [2.75, 3.05) is 5.32 Å². The predicted octanol–water partition coefficient (Wildman–Crippen LogP) is 4.44. The van der Waals surface area contributed by atoms with Crippen LogP contribution in [0.3, 0.4) is 0 Å². The number of carbonyl (C=O) groups excluding carboxylic acids is 2. The Labute approximate surface area is 197 Å². The third-order valence-corrected chi connectivity index (χ3v) is 6.94. The molecule has 166 valence electrons. The van der Waals surface area contributed by atoms with E-state index in [4.69, 9.17) is 10.7 Å². The maximum atomic E-state index is 12.7. The molecule has 2 unspecified atom stereocenters. The quantitative estimate of drug-likeness (QED) is 0.533. The van der Waals surface area contributed by atoms with E-state index in [2.05, 4.69) is 35.7 Å². The zero-order chi connectivity index (χ0) is 23.4. The number of nitrogens with one attached hydrogen (secondary N) is 1. The van der Waals surface area contributed by atoms with Gasteiger partial charge < -0.3 is 11.1 Å². The molecule has 33 heavy (non-hydrogen) atoms.